The first kappa shape index (κ1) is 22.3. The molecule has 3 aliphatic rings. The number of hydrogen-bond acceptors (Lipinski definition) is 6. The molecule has 0 unspecified atom stereocenters. The standard InChI is InChI=1S/C21H29F3N4O3/c1-12-5-16(25-10-18(23)24)17(28(12)20(29)30-2)11-31-15-3-4-21(7-13(21)6-15)19-26-8-14(22)9-27-19/h8-9,12-13,15-18,25H,3-7,10-11H2,1-2H3/t12-,13-,15+,16+,17+,21-/m1/s1. The Labute approximate surface area is 179 Å². The molecule has 2 heterocycles. The van der Waals surface area contributed by atoms with Gasteiger partial charge in [-0.3, -0.25) is 4.90 Å². The Morgan fingerprint density at radius 1 is 1.35 bits per heavy atom. The number of alkyl halides is 2. The smallest absolute Gasteiger partial charge is 0.410 e. The number of rotatable bonds is 7. The fourth-order valence-electron chi connectivity index (χ4n) is 5.43. The SMILES string of the molecule is COC(=O)N1[C@H](C)C[C@H](NCC(F)F)[C@@H]1CO[C@H]1CC[C@@]2(c3ncc(F)cn3)C[C@H]2C1. The van der Waals surface area contributed by atoms with E-state index in [2.05, 4.69) is 15.3 Å². The Balaban J connectivity index is 1.36. The van der Waals surface area contributed by atoms with Crippen LogP contribution < -0.4 is 5.32 Å². The van der Waals surface area contributed by atoms with Gasteiger partial charge in [0.25, 0.3) is 6.43 Å². The maximum atomic E-state index is 13.1. The van der Waals surface area contributed by atoms with E-state index in [4.69, 9.17) is 9.47 Å². The molecule has 4 rings (SSSR count). The number of methoxy groups -OCH3 is 1. The summed E-state index contributed by atoms with van der Waals surface area (Å²) in [6, 6.07) is -0.777. The number of likely N-dealkylation sites (tertiary alicyclic amines) is 1. The summed E-state index contributed by atoms with van der Waals surface area (Å²) < 4.78 is 49.7. The number of aromatic nitrogens is 2. The summed E-state index contributed by atoms with van der Waals surface area (Å²) in [7, 11) is 1.32. The minimum atomic E-state index is -2.46. The Bertz CT molecular complexity index is 784. The molecule has 10 heteroatoms. The van der Waals surface area contributed by atoms with Gasteiger partial charge in [0.15, 0.2) is 5.82 Å². The van der Waals surface area contributed by atoms with Crippen LogP contribution in [-0.4, -0.2) is 71.9 Å². The van der Waals surface area contributed by atoms with Crippen molar-refractivity contribution in [1.82, 2.24) is 20.2 Å². The van der Waals surface area contributed by atoms with Gasteiger partial charge in [-0.1, -0.05) is 0 Å². The Morgan fingerprint density at radius 2 is 2.10 bits per heavy atom. The molecule has 1 aliphatic heterocycles. The van der Waals surface area contributed by atoms with E-state index in [1.807, 2.05) is 6.92 Å². The van der Waals surface area contributed by atoms with Gasteiger partial charge in [0.05, 0.1) is 44.8 Å². The Kier molecular flexibility index (Phi) is 6.39. The zero-order valence-corrected chi connectivity index (χ0v) is 17.8. The largest absolute Gasteiger partial charge is 0.453 e. The molecule has 1 aromatic heterocycles. The quantitative estimate of drug-likeness (QED) is 0.700. The maximum absolute atomic E-state index is 13.1. The monoisotopic (exact) mass is 442 g/mol. The highest BCUT2D eigenvalue weighted by Crippen LogP contribution is 2.61. The number of halogens is 3. The third-order valence-corrected chi connectivity index (χ3v) is 7.07. The molecule has 0 aromatic carbocycles. The van der Waals surface area contributed by atoms with E-state index >= 15 is 0 Å². The highest BCUT2D eigenvalue weighted by Gasteiger charge is 2.60. The van der Waals surface area contributed by atoms with Gasteiger partial charge in [-0.05, 0) is 44.9 Å². The van der Waals surface area contributed by atoms with Gasteiger partial charge in [-0.15, -0.1) is 0 Å². The van der Waals surface area contributed by atoms with Crippen LogP contribution in [0.2, 0.25) is 0 Å². The van der Waals surface area contributed by atoms with Crippen LogP contribution in [0.4, 0.5) is 18.0 Å². The summed E-state index contributed by atoms with van der Waals surface area (Å²) in [4.78, 5) is 22.3. The summed E-state index contributed by atoms with van der Waals surface area (Å²) in [6.45, 7) is 1.72. The molecule has 1 amide bonds. The fraction of sp³-hybridized carbons (Fsp3) is 0.762. The van der Waals surface area contributed by atoms with Crippen LogP contribution in [0, 0.1) is 11.7 Å². The summed E-state index contributed by atoms with van der Waals surface area (Å²) >= 11 is 0. The number of hydrogen-bond donors (Lipinski definition) is 1. The van der Waals surface area contributed by atoms with Crippen LogP contribution >= 0.6 is 0 Å². The number of nitrogens with one attached hydrogen (secondary N) is 1. The molecule has 1 N–H and O–H groups in total. The zero-order valence-electron chi connectivity index (χ0n) is 17.8. The molecule has 0 radical (unpaired) electrons. The van der Waals surface area contributed by atoms with Gasteiger partial charge in [0.2, 0.25) is 0 Å². The first-order valence-corrected chi connectivity index (χ1v) is 10.8. The van der Waals surface area contributed by atoms with Crippen molar-refractivity contribution in [3.05, 3.63) is 24.0 Å². The van der Waals surface area contributed by atoms with Crippen LogP contribution in [-0.2, 0) is 14.9 Å². The predicted molar refractivity (Wildman–Crippen MR) is 105 cm³/mol. The van der Waals surface area contributed by atoms with Gasteiger partial charge in [-0.2, -0.15) is 0 Å². The summed E-state index contributed by atoms with van der Waals surface area (Å²) in [5.74, 6) is 0.657. The minimum Gasteiger partial charge on any atom is -0.453 e. The number of ether oxygens (including phenoxy) is 2. The molecule has 2 aliphatic carbocycles. The van der Waals surface area contributed by atoms with Crippen LogP contribution in [0.3, 0.4) is 0 Å². The summed E-state index contributed by atoms with van der Waals surface area (Å²) in [5.41, 5.74) is -0.0746. The second-order valence-electron chi connectivity index (χ2n) is 8.95. The van der Waals surface area contributed by atoms with Crippen LogP contribution in [0.1, 0.15) is 44.9 Å². The van der Waals surface area contributed by atoms with Gasteiger partial charge in [-0.25, -0.2) is 27.9 Å². The highest BCUT2D eigenvalue weighted by molar-refractivity contribution is 5.69. The van der Waals surface area contributed by atoms with Crippen molar-refractivity contribution in [2.75, 3.05) is 20.3 Å². The van der Waals surface area contributed by atoms with Gasteiger partial charge >= 0.3 is 6.09 Å². The lowest BCUT2D eigenvalue weighted by molar-refractivity contribution is -0.0120. The Morgan fingerprint density at radius 3 is 2.74 bits per heavy atom. The minimum absolute atomic E-state index is 0.0206. The van der Waals surface area contributed by atoms with E-state index < -0.39 is 24.9 Å². The lowest BCUT2D eigenvalue weighted by atomic mass is 9.86. The van der Waals surface area contributed by atoms with Gasteiger partial charge < -0.3 is 14.8 Å². The van der Waals surface area contributed by atoms with E-state index in [0.717, 1.165) is 25.7 Å². The number of fused-ring (bicyclic) bond motifs is 1. The second kappa shape index (κ2) is 8.90. The maximum Gasteiger partial charge on any atom is 0.410 e. The van der Waals surface area contributed by atoms with E-state index in [1.54, 1.807) is 4.90 Å². The third-order valence-electron chi connectivity index (χ3n) is 7.07. The van der Waals surface area contributed by atoms with Crippen molar-refractivity contribution in [3.63, 3.8) is 0 Å². The average Bonchev–Trinajstić information content (AvgIpc) is 3.40. The van der Waals surface area contributed by atoms with E-state index in [0.29, 0.717) is 18.2 Å². The van der Waals surface area contributed by atoms with Gasteiger partial charge in [0, 0.05) is 17.5 Å². The van der Waals surface area contributed by atoms with Crippen molar-refractivity contribution in [1.29, 1.82) is 0 Å². The van der Waals surface area contributed by atoms with E-state index in [9.17, 15) is 18.0 Å². The van der Waals surface area contributed by atoms with Crippen LogP contribution in [0.5, 0.6) is 0 Å². The predicted octanol–water partition coefficient (Wildman–Crippen LogP) is 2.90. The lowest BCUT2D eigenvalue weighted by Crippen LogP contribution is -2.50. The van der Waals surface area contributed by atoms with Crippen LogP contribution in [0.25, 0.3) is 0 Å². The second-order valence-corrected chi connectivity index (χ2v) is 8.95. The van der Waals surface area contributed by atoms with Crippen molar-refractivity contribution in [2.24, 2.45) is 5.92 Å². The fourth-order valence-corrected chi connectivity index (χ4v) is 5.43. The molecule has 172 valence electrons. The topological polar surface area (TPSA) is 76.6 Å². The van der Waals surface area contributed by atoms with Gasteiger partial charge in [0.1, 0.15) is 5.82 Å². The van der Waals surface area contributed by atoms with E-state index in [-0.39, 0.29) is 36.3 Å². The van der Waals surface area contributed by atoms with Crippen molar-refractivity contribution < 1.29 is 27.4 Å². The first-order chi connectivity index (χ1) is 14.8. The molecule has 1 aromatic rings. The summed E-state index contributed by atoms with van der Waals surface area (Å²) in [5, 5.41) is 2.88. The Hall–Kier alpha value is -1.94. The molecule has 0 spiro atoms. The molecule has 3 fully saturated rings. The van der Waals surface area contributed by atoms with Crippen molar-refractivity contribution >= 4 is 6.09 Å². The van der Waals surface area contributed by atoms with E-state index in [1.165, 1.54) is 19.5 Å². The number of amides is 1. The molecule has 6 atom stereocenters. The van der Waals surface area contributed by atoms with Crippen molar-refractivity contribution in [2.45, 2.75) is 75.1 Å². The third kappa shape index (κ3) is 4.50. The highest BCUT2D eigenvalue weighted by atomic mass is 19.3. The lowest BCUT2D eigenvalue weighted by Gasteiger charge is -2.32. The molecule has 2 saturated carbocycles. The molecule has 7 nitrogen and oxygen atoms in total. The zero-order chi connectivity index (χ0) is 22.2. The van der Waals surface area contributed by atoms with Crippen molar-refractivity contribution in [3.8, 4) is 0 Å². The number of carbonyl (C=O) groups is 1. The summed E-state index contributed by atoms with van der Waals surface area (Å²) in [6.07, 6.45) is 3.56. The number of nitrogens with zero attached hydrogens (tertiary/aromatic N) is 3. The normalized spacial score (nSPS) is 34.6. The molecular weight excluding hydrogens is 413 g/mol. The molecule has 31 heavy (non-hydrogen) atoms. The molecule has 1 saturated heterocycles. The molecular formula is C21H29F3N4O3. The first-order valence-electron chi connectivity index (χ1n) is 10.8. The van der Waals surface area contributed by atoms with Crippen LogP contribution in [0.15, 0.2) is 12.4 Å². The molecule has 0 bridgehead atoms. The number of carbonyl (C=O) groups excluding carboxylic acids is 1. The average molecular weight is 442 g/mol.